The SMILES string of the molecule is CC1(C)C[C@H](C(O)c2cncc(F)c2)N1.Cl.Cl. The van der Waals surface area contributed by atoms with Gasteiger partial charge in [-0.3, -0.25) is 4.98 Å². The third-order valence-electron chi connectivity index (χ3n) is 2.76. The van der Waals surface area contributed by atoms with Gasteiger partial charge in [0, 0.05) is 23.3 Å². The summed E-state index contributed by atoms with van der Waals surface area (Å²) >= 11 is 0. The number of hydrogen-bond donors (Lipinski definition) is 2. The number of rotatable bonds is 2. The molecule has 1 fully saturated rings. The number of nitrogens with zero attached hydrogens (tertiary/aromatic N) is 1. The van der Waals surface area contributed by atoms with Gasteiger partial charge in [-0.05, 0) is 26.3 Å². The van der Waals surface area contributed by atoms with Crippen molar-refractivity contribution in [3.63, 3.8) is 0 Å². The van der Waals surface area contributed by atoms with Gasteiger partial charge in [0.2, 0.25) is 0 Å². The Hall–Kier alpha value is -0.420. The Morgan fingerprint density at radius 3 is 2.53 bits per heavy atom. The molecule has 6 heteroatoms. The van der Waals surface area contributed by atoms with Crippen LogP contribution in [0, 0.1) is 5.82 Å². The molecule has 0 aliphatic carbocycles. The molecule has 1 unspecified atom stereocenters. The summed E-state index contributed by atoms with van der Waals surface area (Å²) in [5.74, 6) is -0.412. The van der Waals surface area contributed by atoms with Crippen LogP contribution in [0.1, 0.15) is 31.9 Å². The standard InChI is InChI=1S/C11H15FN2O.2ClH/c1-11(2)4-9(14-11)10(15)7-3-8(12)6-13-5-7;;/h3,5-6,9-10,14-15H,4H2,1-2H3;2*1H/t9-,10?;;/m1../s1. The average molecular weight is 283 g/mol. The summed E-state index contributed by atoms with van der Waals surface area (Å²) in [6, 6.07) is 1.33. The average Bonchev–Trinajstić information content (AvgIpc) is 2.13. The molecule has 1 aliphatic rings. The predicted molar refractivity (Wildman–Crippen MR) is 69.3 cm³/mol. The van der Waals surface area contributed by atoms with E-state index < -0.39 is 11.9 Å². The molecule has 0 aromatic carbocycles. The van der Waals surface area contributed by atoms with Crippen LogP contribution in [-0.4, -0.2) is 21.7 Å². The van der Waals surface area contributed by atoms with Crippen molar-refractivity contribution >= 4 is 24.8 Å². The lowest BCUT2D eigenvalue weighted by molar-refractivity contribution is 0.0386. The number of halogens is 3. The van der Waals surface area contributed by atoms with Gasteiger partial charge in [0.25, 0.3) is 0 Å². The van der Waals surface area contributed by atoms with E-state index in [9.17, 15) is 9.50 Å². The highest BCUT2D eigenvalue weighted by molar-refractivity contribution is 5.85. The lowest BCUT2D eigenvalue weighted by Crippen LogP contribution is -2.61. The molecule has 0 spiro atoms. The molecule has 1 aromatic heterocycles. The molecule has 1 aromatic rings. The number of aromatic nitrogens is 1. The van der Waals surface area contributed by atoms with Gasteiger partial charge in [-0.15, -0.1) is 24.8 Å². The molecule has 3 nitrogen and oxygen atoms in total. The fourth-order valence-electron chi connectivity index (χ4n) is 2.04. The zero-order valence-corrected chi connectivity index (χ0v) is 11.3. The van der Waals surface area contributed by atoms with Gasteiger partial charge in [0.05, 0.1) is 12.3 Å². The Labute approximate surface area is 113 Å². The molecule has 0 amide bonds. The van der Waals surface area contributed by atoms with E-state index >= 15 is 0 Å². The summed E-state index contributed by atoms with van der Waals surface area (Å²) in [7, 11) is 0. The van der Waals surface area contributed by atoms with E-state index in [2.05, 4.69) is 24.1 Å². The molecular weight excluding hydrogens is 266 g/mol. The maximum absolute atomic E-state index is 12.9. The number of aliphatic hydroxyl groups excluding tert-OH is 1. The summed E-state index contributed by atoms with van der Waals surface area (Å²) in [6.07, 6.45) is 2.83. The van der Waals surface area contributed by atoms with E-state index in [0.29, 0.717) is 5.56 Å². The summed E-state index contributed by atoms with van der Waals surface area (Å²) < 4.78 is 12.9. The van der Waals surface area contributed by atoms with E-state index in [1.54, 1.807) is 0 Å². The maximum Gasteiger partial charge on any atom is 0.141 e. The first-order valence-electron chi connectivity index (χ1n) is 5.04. The van der Waals surface area contributed by atoms with Gasteiger partial charge in [-0.25, -0.2) is 4.39 Å². The first-order chi connectivity index (χ1) is 6.98. The van der Waals surface area contributed by atoms with Crippen LogP contribution in [0.4, 0.5) is 4.39 Å². The second-order valence-corrected chi connectivity index (χ2v) is 4.72. The second kappa shape index (κ2) is 5.96. The van der Waals surface area contributed by atoms with E-state index in [1.807, 2.05) is 0 Å². The Morgan fingerprint density at radius 1 is 1.47 bits per heavy atom. The Bertz CT molecular complexity index is 368. The van der Waals surface area contributed by atoms with Crippen molar-refractivity contribution in [2.75, 3.05) is 0 Å². The zero-order valence-electron chi connectivity index (χ0n) is 9.68. The van der Waals surface area contributed by atoms with E-state index in [1.165, 1.54) is 12.3 Å². The molecule has 2 atom stereocenters. The predicted octanol–water partition coefficient (Wildman–Crippen LogP) is 2.24. The molecule has 0 saturated carbocycles. The first kappa shape index (κ1) is 16.6. The zero-order chi connectivity index (χ0) is 11.1. The van der Waals surface area contributed by atoms with Gasteiger partial charge < -0.3 is 10.4 Å². The van der Waals surface area contributed by atoms with Crippen molar-refractivity contribution in [2.45, 2.75) is 38.0 Å². The number of nitrogens with one attached hydrogen (secondary N) is 1. The van der Waals surface area contributed by atoms with Crippen molar-refractivity contribution in [3.8, 4) is 0 Å². The number of hydrogen-bond acceptors (Lipinski definition) is 3. The van der Waals surface area contributed by atoms with E-state index in [-0.39, 0.29) is 36.4 Å². The van der Waals surface area contributed by atoms with Crippen LogP contribution in [0.3, 0.4) is 0 Å². The fraction of sp³-hybridized carbons (Fsp3) is 0.545. The van der Waals surface area contributed by atoms with Gasteiger partial charge >= 0.3 is 0 Å². The second-order valence-electron chi connectivity index (χ2n) is 4.72. The normalized spacial score (nSPS) is 22.7. The fourth-order valence-corrected chi connectivity index (χ4v) is 2.04. The summed E-state index contributed by atoms with van der Waals surface area (Å²) in [5.41, 5.74) is 0.606. The lowest BCUT2D eigenvalue weighted by Gasteiger charge is -2.46. The summed E-state index contributed by atoms with van der Waals surface area (Å²) in [6.45, 7) is 4.14. The van der Waals surface area contributed by atoms with Gasteiger partial charge in [0.1, 0.15) is 5.82 Å². The van der Waals surface area contributed by atoms with Crippen LogP contribution in [0.5, 0.6) is 0 Å². The highest BCUT2D eigenvalue weighted by atomic mass is 35.5. The minimum atomic E-state index is -0.679. The smallest absolute Gasteiger partial charge is 0.141 e. The van der Waals surface area contributed by atoms with E-state index in [0.717, 1.165) is 12.6 Å². The van der Waals surface area contributed by atoms with Crippen LogP contribution in [0.15, 0.2) is 18.5 Å². The molecule has 1 saturated heterocycles. The van der Waals surface area contributed by atoms with Crippen LogP contribution in [0.25, 0.3) is 0 Å². The van der Waals surface area contributed by atoms with Gasteiger partial charge in [0.15, 0.2) is 0 Å². The van der Waals surface area contributed by atoms with Crippen LogP contribution < -0.4 is 5.32 Å². The van der Waals surface area contributed by atoms with Crippen LogP contribution in [-0.2, 0) is 0 Å². The van der Waals surface area contributed by atoms with Crippen molar-refractivity contribution in [3.05, 3.63) is 29.8 Å². The molecule has 2 rings (SSSR count). The van der Waals surface area contributed by atoms with Crippen LogP contribution >= 0.6 is 24.8 Å². The quantitative estimate of drug-likeness (QED) is 0.875. The maximum atomic E-state index is 12.9. The van der Waals surface area contributed by atoms with E-state index in [4.69, 9.17) is 0 Å². The lowest BCUT2D eigenvalue weighted by atomic mass is 9.81. The molecule has 2 N–H and O–H groups in total. The van der Waals surface area contributed by atoms with Crippen LogP contribution in [0.2, 0.25) is 0 Å². The molecule has 0 bridgehead atoms. The minimum absolute atomic E-state index is 0. The summed E-state index contributed by atoms with van der Waals surface area (Å²) in [5, 5.41) is 13.2. The molecule has 98 valence electrons. The Kier molecular flexibility index (Phi) is 5.81. The topological polar surface area (TPSA) is 45.2 Å². The third-order valence-corrected chi connectivity index (χ3v) is 2.76. The Balaban J connectivity index is 0.00000128. The molecule has 17 heavy (non-hydrogen) atoms. The van der Waals surface area contributed by atoms with Crippen molar-refractivity contribution in [1.29, 1.82) is 0 Å². The van der Waals surface area contributed by atoms with Crippen molar-refractivity contribution in [2.24, 2.45) is 0 Å². The number of pyridine rings is 1. The highest BCUT2D eigenvalue weighted by Crippen LogP contribution is 2.31. The first-order valence-corrected chi connectivity index (χ1v) is 5.04. The monoisotopic (exact) mass is 282 g/mol. The largest absolute Gasteiger partial charge is 0.387 e. The van der Waals surface area contributed by atoms with Gasteiger partial charge in [-0.1, -0.05) is 0 Å². The third kappa shape index (κ3) is 3.78. The van der Waals surface area contributed by atoms with Crippen molar-refractivity contribution < 1.29 is 9.50 Å². The molecule has 1 aliphatic heterocycles. The van der Waals surface area contributed by atoms with Gasteiger partial charge in [-0.2, -0.15) is 0 Å². The minimum Gasteiger partial charge on any atom is -0.387 e. The summed E-state index contributed by atoms with van der Waals surface area (Å²) in [4.78, 5) is 3.72. The van der Waals surface area contributed by atoms with Crippen molar-refractivity contribution in [1.82, 2.24) is 10.3 Å². The number of aliphatic hydroxyl groups is 1. The Morgan fingerprint density at radius 2 is 2.06 bits per heavy atom. The highest BCUT2D eigenvalue weighted by Gasteiger charge is 2.39. The molecular formula is C11H17Cl2FN2O. The molecule has 0 radical (unpaired) electrons. The molecule has 2 heterocycles.